The first-order chi connectivity index (χ1) is 13.8. The van der Waals surface area contributed by atoms with E-state index in [-0.39, 0.29) is 11.7 Å². The molecule has 150 valence electrons. The van der Waals surface area contributed by atoms with Gasteiger partial charge < -0.3 is 9.84 Å². The van der Waals surface area contributed by atoms with Gasteiger partial charge in [0.2, 0.25) is 0 Å². The first-order valence-electron chi connectivity index (χ1n) is 8.50. The van der Waals surface area contributed by atoms with Gasteiger partial charge in [-0.3, -0.25) is 9.69 Å². The van der Waals surface area contributed by atoms with E-state index in [2.05, 4.69) is 50.2 Å². The molecule has 1 saturated heterocycles. The van der Waals surface area contributed by atoms with Crippen molar-refractivity contribution in [2.24, 2.45) is 4.99 Å². The van der Waals surface area contributed by atoms with Crippen molar-refractivity contribution in [3.05, 3.63) is 59.6 Å². The molecular weight excluding hydrogens is 618 g/mol. The van der Waals surface area contributed by atoms with Crippen LogP contribution in [-0.4, -0.2) is 40.7 Å². The van der Waals surface area contributed by atoms with Crippen LogP contribution < -0.4 is 0 Å². The third-order valence-electron chi connectivity index (χ3n) is 4.06. The van der Waals surface area contributed by atoms with Crippen LogP contribution in [0.25, 0.3) is 6.08 Å². The summed E-state index contributed by atoms with van der Waals surface area (Å²) in [6, 6.07) is 10.4. The maximum atomic E-state index is 12.8. The highest BCUT2D eigenvalue weighted by atomic mass is 127. The number of amidine groups is 1. The Labute approximate surface area is 199 Å². The molecular formula is C20H16I2N2O4S. The fourth-order valence-corrected chi connectivity index (χ4v) is 5.55. The van der Waals surface area contributed by atoms with Crippen LogP contribution in [-0.2, 0) is 9.53 Å². The van der Waals surface area contributed by atoms with E-state index in [1.54, 1.807) is 35.2 Å². The summed E-state index contributed by atoms with van der Waals surface area (Å²) in [6.45, 7) is 2.35. The minimum absolute atomic E-state index is 0.152. The van der Waals surface area contributed by atoms with Crippen molar-refractivity contribution in [1.82, 2.24) is 4.90 Å². The summed E-state index contributed by atoms with van der Waals surface area (Å²) >= 11 is 5.50. The third-order valence-corrected chi connectivity index (χ3v) is 6.51. The van der Waals surface area contributed by atoms with E-state index in [4.69, 9.17) is 4.74 Å². The van der Waals surface area contributed by atoms with Gasteiger partial charge in [0.15, 0.2) is 5.17 Å². The number of amides is 1. The van der Waals surface area contributed by atoms with Gasteiger partial charge in [0, 0.05) is 15.7 Å². The molecule has 0 spiro atoms. The number of halogens is 2. The molecule has 0 unspecified atom stereocenters. The number of nitrogens with zero attached hydrogens (tertiary/aromatic N) is 2. The number of phenolic OH excluding ortho intramolecular Hbond substituents is 1. The van der Waals surface area contributed by atoms with Crippen LogP contribution in [0.5, 0.6) is 5.75 Å². The van der Waals surface area contributed by atoms with Gasteiger partial charge in [-0.2, -0.15) is 0 Å². The van der Waals surface area contributed by atoms with E-state index in [0.717, 1.165) is 7.14 Å². The molecule has 0 aliphatic carbocycles. The highest BCUT2D eigenvalue weighted by Crippen LogP contribution is 2.36. The number of phenols is 1. The largest absolute Gasteiger partial charge is 0.506 e. The molecule has 1 aliphatic rings. The molecule has 9 heteroatoms. The van der Waals surface area contributed by atoms with Gasteiger partial charge in [-0.05, 0) is 106 Å². The second-order valence-corrected chi connectivity index (χ2v) is 9.34. The molecule has 0 bridgehead atoms. The number of benzene rings is 2. The molecule has 29 heavy (non-hydrogen) atoms. The van der Waals surface area contributed by atoms with Gasteiger partial charge in [-0.15, -0.1) is 0 Å². The van der Waals surface area contributed by atoms with Crippen LogP contribution in [0.3, 0.4) is 0 Å². The quantitative estimate of drug-likeness (QED) is 0.291. The highest BCUT2D eigenvalue weighted by molar-refractivity contribution is 14.1. The first-order valence-corrected chi connectivity index (χ1v) is 11.5. The van der Waals surface area contributed by atoms with Gasteiger partial charge in [-0.1, -0.05) is 0 Å². The third kappa shape index (κ3) is 4.94. The zero-order valence-electron chi connectivity index (χ0n) is 15.5. The fraction of sp³-hybridized carbons (Fsp3) is 0.150. The van der Waals surface area contributed by atoms with Gasteiger partial charge in [0.1, 0.15) is 5.75 Å². The fourth-order valence-electron chi connectivity index (χ4n) is 2.61. The predicted molar refractivity (Wildman–Crippen MR) is 131 cm³/mol. The summed E-state index contributed by atoms with van der Waals surface area (Å²) in [5.41, 5.74) is 1.65. The maximum absolute atomic E-state index is 12.8. The molecule has 0 saturated carbocycles. The van der Waals surface area contributed by atoms with E-state index < -0.39 is 5.97 Å². The molecule has 1 fully saturated rings. The first kappa shape index (κ1) is 22.1. The van der Waals surface area contributed by atoms with Gasteiger partial charge >= 0.3 is 5.97 Å². The molecule has 0 atom stereocenters. The van der Waals surface area contributed by atoms with Crippen molar-refractivity contribution < 1.29 is 19.4 Å². The van der Waals surface area contributed by atoms with Crippen molar-refractivity contribution in [1.29, 1.82) is 0 Å². The predicted octanol–water partition coefficient (Wildman–Crippen LogP) is 5.01. The summed E-state index contributed by atoms with van der Waals surface area (Å²) in [4.78, 5) is 31.0. The van der Waals surface area contributed by atoms with Gasteiger partial charge in [0.05, 0.1) is 26.8 Å². The SMILES string of the molecule is CCN1C(=O)/C(=C\c2cc(I)cc(I)c2O)SC1=Nc1ccc(C(=O)OC)cc1. The molecule has 1 N–H and O–H groups in total. The lowest BCUT2D eigenvalue weighted by molar-refractivity contribution is -0.122. The summed E-state index contributed by atoms with van der Waals surface area (Å²) in [5, 5.41) is 10.9. The topological polar surface area (TPSA) is 79.2 Å². The average molecular weight is 634 g/mol. The number of hydrogen-bond acceptors (Lipinski definition) is 6. The van der Waals surface area contributed by atoms with Crippen molar-refractivity contribution >= 4 is 85.8 Å². The molecule has 3 rings (SSSR count). The zero-order chi connectivity index (χ0) is 21.1. The van der Waals surface area contributed by atoms with Crippen molar-refractivity contribution in [3.8, 4) is 5.75 Å². The number of ether oxygens (including phenoxy) is 1. The van der Waals surface area contributed by atoms with E-state index in [1.165, 1.54) is 18.9 Å². The minimum atomic E-state index is -0.415. The second kappa shape index (κ2) is 9.47. The Hall–Kier alpha value is -1.60. The number of hydrogen-bond donors (Lipinski definition) is 1. The number of esters is 1. The van der Waals surface area contributed by atoms with Gasteiger partial charge in [0.25, 0.3) is 5.91 Å². The summed E-state index contributed by atoms with van der Waals surface area (Å²) in [5.74, 6) is -0.420. The van der Waals surface area contributed by atoms with Crippen LogP contribution in [0.2, 0.25) is 0 Å². The normalized spacial score (nSPS) is 16.7. The van der Waals surface area contributed by atoms with E-state index in [1.807, 2.05) is 19.1 Å². The van der Waals surface area contributed by atoms with Crippen LogP contribution >= 0.6 is 56.9 Å². The zero-order valence-corrected chi connectivity index (χ0v) is 20.6. The van der Waals surface area contributed by atoms with Crippen molar-refractivity contribution in [2.45, 2.75) is 6.92 Å². The number of methoxy groups -OCH3 is 1. The molecule has 0 aromatic heterocycles. The number of aromatic hydroxyl groups is 1. The number of likely N-dealkylation sites (N-methyl/N-ethyl adjacent to an activating group) is 1. The molecule has 1 aliphatic heterocycles. The highest BCUT2D eigenvalue weighted by Gasteiger charge is 2.32. The van der Waals surface area contributed by atoms with Crippen molar-refractivity contribution in [2.75, 3.05) is 13.7 Å². The molecule has 2 aromatic rings. The Kier molecular flexibility index (Phi) is 7.22. The average Bonchev–Trinajstić information content (AvgIpc) is 2.99. The second-order valence-electron chi connectivity index (χ2n) is 5.92. The van der Waals surface area contributed by atoms with Crippen LogP contribution in [0.1, 0.15) is 22.8 Å². The summed E-state index contributed by atoms with van der Waals surface area (Å²) in [6.07, 6.45) is 1.69. The van der Waals surface area contributed by atoms with Crippen LogP contribution in [0.4, 0.5) is 5.69 Å². The lowest BCUT2D eigenvalue weighted by Gasteiger charge is -2.12. The summed E-state index contributed by atoms with van der Waals surface area (Å²) in [7, 11) is 1.33. The molecule has 2 aromatic carbocycles. The summed E-state index contributed by atoms with van der Waals surface area (Å²) < 4.78 is 6.39. The smallest absolute Gasteiger partial charge is 0.337 e. The molecule has 6 nitrogen and oxygen atoms in total. The Morgan fingerprint density at radius 2 is 1.97 bits per heavy atom. The standard InChI is InChI=1S/C20H16I2N2O4S/c1-3-24-18(26)16(9-12-8-13(21)10-15(22)17(12)25)29-20(24)23-14-6-4-11(5-7-14)19(27)28-2/h4-10,25H,3H2,1-2H3/b16-9+,23-20?. The lowest BCUT2D eigenvalue weighted by Crippen LogP contribution is -2.28. The Bertz CT molecular complexity index is 1040. The Balaban J connectivity index is 1.93. The van der Waals surface area contributed by atoms with E-state index in [0.29, 0.717) is 33.4 Å². The van der Waals surface area contributed by atoms with Crippen molar-refractivity contribution in [3.63, 3.8) is 0 Å². The van der Waals surface area contributed by atoms with Crippen LogP contribution in [0, 0.1) is 7.14 Å². The number of carbonyl (C=O) groups excluding carboxylic acids is 2. The Morgan fingerprint density at radius 3 is 2.59 bits per heavy atom. The van der Waals surface area contributed by atoms with Gasteiger partial charge in [-0.25, -0.2) is 9.79 Å². The number of rotatable bonds is 4. The number of carbonyl (C=O) groups is 2. The van der Waals surface area contributed by atoms with E-state index in [9.17, 15) is 14.7 Å². The monoisotopic (exact) mass is 634 g/mol. The molecule has 0 radical (unpaired) electrons. The van der Waals surface area contributed by atoms with Crippen LogP contribution in [0.15, 0.2) is 46.3 Å². The molecule has 1 heterocycles. The lowest BCUT2D eigenvalue weighted by atomic mass is 10.2. The molecule has 1 amide bonds. The number of thioether (sulfide) groups is 1. The number of aliphatic imine (C=N–C) groups is 1. The maximum Gasteiger partial charge on any atom is 0.337 e. The minimum Gasteiger partial charge on any atom is -0.506 e. The Morgan fingerprint density at radius 1 is 1.28 bits per heavy atom. The van der Waals surface area contributed by atoms with E-state index >= 15 is 0 Å².